The summed E-state index contributed by atoms with van der Waals surface area (Å²) < 4.78 is 1.60. The molecular weight excluding hydrogens is 170 g/mol. The van der Waals surface area contributed by atoms with Crippen LogP contribution < -0.4 is 5.32 Å². The maximum Gasteiger partial charge on any atom is 0.223 e. The Labute approximate surface area is 73.6 Å². The molecule has 13 heavy (non-hydrogen) atoms. The second kappa shape index (κ2) is 2.81. The predicted octanol–water partition coefficient (Wildman–Crippen LogP) is 0.0827. The summed E-state index contributed by atoms with van der Waals surface area (Å²) in [6.45, 7) is 1.42. The molecule has 1 amide bonds. The van der Waals surface area contributed by atoms with Gasteiger partial charge in [-0.25, -0.2) is 15.0 Å². The van der Waals surface area contributed by atoms with Crippen LogP contribution in [0.2, 0.25) is 0 Å². The van der Waals surface area contributed by atoms with E-state index in [0.717, 1.165) is 0 Å². The van der Waals surface area contributed by atoms with Gasteiger partial charge in [0.2, 0.25) is 11.9 Å². The molecule has 0 unspecified atom stereocenters. The molecule has 0 saturated carbocycles. The summed E-state index contributed by atoms with van der Waals surface area (Å²) in [5.74, 6) is 0.253. The Balaban J connectivity index is 2.54. The summed E-state index contributed by atoms with van der Waals surface area (Å²) in [4.78, 5) is 22.5. The van der Waals surface area contributed by atoms with Crippen molar-refractivity contribution in [1.29, 1.82) is 0 Å². The first-order chi connectivity index (χ1) is 6.27. The van der Waals surface area contributed by atoms with Gasteiger partial charge in [0.15, 0.2) is 5.65 Å². The fourth-order valence-corrected chi connectivity index (χ4v) is 1.00. The van der Waals surface area contributed by atoms with Gasteiger partial charge in [0.1, 0.15) is 12.7 Å². The van der Waals surface area contributed by atoms with Crippen LogP contribution >= 0.6 is 0 Å². The number of carbonyl (C=O) groups is 1. The number of nitrogens with zero attached hydrogens (tertiary/aromatic N) is 4. The molecule has 0 bridgehead atoms. The largest absolute Gasteiger partial charge is 0.296 e. The first kappa shape index (κ1) is 7.66. The van der Waals surface area contributed by atoms with Crippen molar-refractivity contribution in [1.82, 2.24) is 19.4 Å². The molecule has 0 aromatic carbocycles. The molecule has 0 saturated heterocycles. The molecule has 0 radical (unpaired) electrons. The number of fused-ring (bicyclic) bond motifs is 1. The summed E-state index contributed by atoms with van der Waals surface area (Å²) in [5, 5.41) is 2.57. The van der Waals surface area contributed by atoms with E-state index in [4.69, 9.17) is 0 Å². The zero-order valence-corrected chi connectivity index (χ0v) is 6.93. The number of aromatic nitrogens is 4. The Morgan fingerprint density at radius 3 is 3.15 bits per heavy atom. The smallest absolute Gasteiger partial charge is 0.223 e. The van der Waals surface area contributed by atoms with Gasteiger partial charge in [0, 0.05) is 6.92 Å². The van der Waals surface area contributed by atoms with Gasteiger partial charge < -0.3 is 0 Å². The van der Waals surface area contributed by atoms with E-state index in [1.807, 2.05) is 0 Å². The third kappa shape index (κ3) is 1.33. The molecule has 2 heterocycles. The van der Waals surface area contributed by atoms with Crippen LogP contribution in [0, 0.1) is 0 Å². The predicted molar refractivity (Wildman–Crippen MR) is 45.1 cm³/mol. The number of rotatable bonds is 1. The Hall–Kier alpha value is -1.98. The molecule has 1 N–H and O–H groups in total. The van der Waals surface area contributed by atoms with E-state index in [1.165, 1.54) is 13.3 Å². The first-order valence-electron chi connectivity index (χ1n) is 3.68. The van der Waals surface area contributed by atoms with E-state index in [9.17, 15) is 4.79 Å². The highest BCUT2D eigenvalue weighted by Gasteiger charge is 2.02. The average molecular weight is 177 g/mol. The minimum atomic E-state index is -0.172. The van der Waals surface area contributed by atoms with Gasteiger partial charge in [0.25, 0.3) is 0 Å². The standard InChI is InChI=1S/C7H7N5O/c1-5(13)11-7-10-3-9-6-2-8-4-12(6)7/h2-4H,1H3,(H,9,10,11,13). The third-order valence-corrected chi connectivity index (χ3v) is 1.51. The number of carbonyl (C=O) groups excluding carboxylic acids is 1. The molecule has 0 spiro atoms. The van der Waals surface area contributed by atoms with E-state index in [2.05, 4.69) is 20.3 Å². The molecule has 0 fully saturated rings. The van der Waals surface area contributed by atoms with Crippen molar-refractivity contribution in [2.24, 2.45) is 0 Å². The SMILES string of the molecule is CC(=O)Nc1ncnc2cncn12. The zero-order valence-electron chi connectivity index (χ0n) is 6.93. The maximum absolute atomic E-state index is 10.8. The molecule has 2 aromatic heterocycles. The maximum atomic E-state index is 10.8. The fraction of sp³-hybridized carbons (Fsp3) is 0.143. The van der Waals surface area contributed by atoms with Crippen LogP contribution in [0.4, 0.5) is 5.95 Å². The summed E-state index contributed by atoms with van der Waals surface area (Å²) in [6.07, 6.45) is 4.51. The van der Waals surface area contributed by atoms with Crippen LogP contribution in [0.1, 0.15) is 6.92 Å². The van der Waals surface area contributed by atoms with Crippen LogP contribution in [-0.2, 0) is 4.79 Å². The fourth-order valence-electron chi connectivity index (χ4n) is 1.00. The van der Waals surface area contributed by atoms with Gasteiger partial charge in [-0.05, 0) is 0 Å². The van der Waals surface area contributed by atoms with Gasteiger partial charge in [-0.15, -0.1) is 0 Å². The quantitative estimate of drug-likeness (QED) is 0.669. The molecular formula is C7H7N5O. The minimum Gasteiger partial charge on any atom is -0.296 e. The number of hydrogen-bond acceptors (Lipinski definition) is 4. The van der Waals surface area contributed by atoms with Crippen LogP contribution in [0.25, 0.3) is 5.65 Å². The van der Waals surface area contributed by atoms with E-state index in [0.29, 0.717) is 11.6 Å². The summed E-state index contributed by atoms with van der Waals surface area (Å²) >= 11 is 0. The van der Waals surface area contributed by atoms with Gasteiger partial charge in [-0.2, -0.15) is 0 Å². The van der Waals surface area contributed by atoms with Crippen molar-refractivity contribution >= 4 is 17.5 Å². The minimum absolute atomic E-state index is 0.172. The Bertz CT molecular complexity index is 449. The lowest BCUT2D eigenvalue weighted by Gasteiger charge is -2.01. The molecule has 6 heteroatoms. The Kier molecular flexibility index (Phi) is 1.66. The Morgan fingerprint density at radius 1 is 1.54 bits per heavy atom. The second-order valence-electron chi connectivity index (χ2n) is 2.50. The lowest BCUT2D eigenvalue weighted by atomic mass is 10.7. The monoisotopic (exact) mass is 177 g/mol. The van der Waals surface area contributed by atoms with Crippen molar-refractivity contribution in [3.05, 3.63) is 18.9 Å². The number of hydrogen-bond donors (Lipinski definition) is 1. The summed E-state index contributed by atoms with van der Waals surface area (Å²) in [7, 11) is 0. The molecule has 0 aliphatic rings. The van der Waals surface area contributed by atoms with Crippen molar-refractivity contribution in [2.45, 2.75) is 6.92 Å². The summed E-state index contributed by atoms with van der Waals surface area (Å²) in [5.41, 5.74) is 0.652. The van der Waals surface area contributed by atoms with Gasteiger partial charge >= 0.3 is 0 Å². The van der Waals surface area contributed by atoms with E-state index < -0.39 is 0 Å². The van der Waals surface area contributed by atoms with Crippen molar-refractivity contribution in [2.75, 3.05) is 5.32 Å². The lowest BCUT2D eigenvalue weighted by Crippen LogP contribution is -2.11. The third-order valence-electron chi connectivity index (χ3n) is 1.51. The number of imidazole rings is 1. The Morgan fingerprint density at radius 2 is 2.38 bits per heavy atom. The van der Waals surface area contributed by atoms with E-state index in [-0.39, 0.29) is 5.91 Å². The molecule has 66 valence electrons. The zero-order chi connectivity index (χ0) is 9.26. The molecule has 2 aromatic rings. The van der Waals surface area contributed by atoms with Crippen LogP contribution in [-0.4, -0.2) is 25.3 Å². The molecule has 0 aliphatic carbocycles. The summed E-state index contributed by atoms with van der Waals surface area (Å²) in [6, 6.07) is 0. The number of anilines is 1. The van der Waals surface area contributed by atoms with Crippen LogP contribution in [0.5, 0.6) is 0 Å². The van der Waals surface area contributed by atoms with Crippen molar-refractivity contribution in [3.63, 3.8) is 0 Å². The lowest BCUT2D eigenvalue weighted by molar-refractivity contribution is -0.114. The topological polar surface area (TPSA) is 72.2 Å². The van der Waals surface area contributed by atoms with Crippen molar-refractivity contribution in [3.8, 4) is 0 Å². The molecule has 6 nitrogen and oxygen atoms in total. The van der Waals surface area contributed by atoms with Gasteiger partial charge in [-0.1, -0.05) is 0 Å². The normalized spacial score (nSPS) is 10.2. The molecule has 0 atom stereocenters. The number of amides is 1. The van der Waals surface area contributed by atoms with E-state index in [1.54, 1.807) is 16.9 Å². The molecule has 2 rings (SSSR count). The van der Waals surface area contributed by atoms with Gasteiger partial charge in [-0.3, -0.25) is 14.5 Å². The highest BCUT2D eigenvalue weighted by atomic mass is 16.1. The van der Waals surface area contributed by atoms with Crippen LogP contribution in [0.3, 0.4) is 0 Å². The highest BCUT2D eigenvalue weighted by Crippen LogP contribution is 2.04. The highest BCUT2D eigenvalue weighted by molar-refractivity contribution is 5.86. The molecule has 0 aliphatic heterocycles. The van der Waals surface area contributed by atoms with E-state index >= 15 is 0 Å². The van der Waals surface area contributed by atoms with Crippen LogP contribution in [0.15, 0.2) is 18.9 Å². The van der Waals surface area contributed by atoms with Gasteiger partial charge in [0.05, 0.1) is 6.20 Å². The second-order valence-corrected chi connectivity index (χ2v) is 2.50. The first-order valence-corrected chi connectivity index (χ1v) is 3.68. The average Bonchev–Trinajstić information content (AvgIpc) is 2.51. The van der Waals surface area contributed by atoms with Crippen molar-refractivity contribution < 1.29 is 4.79 Å². The number of nitrogens with one attached hydrogen (secondary N) is 1.